The number of rotatable bonds is 2. The number of hydrogen-bond donors (Lipinski definition) is 1. The Labute approximate surface area is 93.7 Å². The molecule has 2 fully saturated rings. The van der Waals surface area contributed by atoms with E-state index < -0.39 is 0 Å². The molecule has 0 amide bonds. The monoisotopic (exact) mass is 211 g/mol. The molecule has 0 aromatic carbocycles. The van der Waals surface area contributed by atoms with E-state index in [0.717, 1.165) is 25.3 Å². The average molecular weight is 211 g/mol. The summed E-state index contributed by atoms with van der Waals surface area (Å²) in [5.41, 5.74) is -0.356. The molecule has 1 saturated heterocycles. The highest BCUT2D eigenvalue weighted by atomic mass is 16.3. The summed E-state index contributed by atoms with van der Waals surface area (Å²) in [5.74, 6) is 0.795. The zero-order chi connectivity index (χ0) is 10.9. The first-order valence-electron chi connectivity index (χ1n) is 6.57. The Morgan fingerprint density at radius 1 is 1.20 bits per heavy atom. The Balaban J connectivity index is 1.92. The molecule has 2 aliphatic rings. The van der Waals surface area contributed by atoms with E-state index in [1.165, 1.54) is 32.2 Å². The second kappa shape index (κ2) is 4.42. The van der Waals surface area contributed by atoms with Gasteiger partial charge in [0.15, 0.2) is 0 Å². The first-order valence-corrected chi connectivity index (χ1v) is 6.57. The molecule has 0 aromatic rings. The minimum Gasteiger partial charge on any atom is -0.389 e. The maximum atomic E-state index is 10.4. The van der Waals surface area contributed by atoms with Gasteiger partial charge < -0.3 is 5.11 Å². The fourth-order valence-corrected chi connectivity index (χ4v) is 3.21. The van der Waals surface area contributed by atoms with Crippen molar-refractivity contribution in [2.75, 3.05) is 13.1 Å². The smallest absolute Gasteiger partial charge is 0.0774 e. The van der Waals surface area contributed by atoms with Crippen LogP contribution in [0.15, 0.2) is 0 Å². The highest BCUT2D eigenvalue weighted by molar-refractivity contribution is 4.90. The number of aliphatic hydroxyl groups is 1. The van der Waals surface area contributed by atoms with Crippen molar-refractivity contribution in [3.8, 4) is 0 Å². The molecule has 1 saturated carbocycles. The van der Waals surface area contributed by atoms with Gasteiger partial charge in [0.1, 0.15) is 0 Å². The van der Waals surface area contributed by atoms with E-state index in [9.17, 15) is 5.11 Å². The maximum Gasteiger partial charge on any atom is 0.0774 e. The van der Waals surface area contributed by atoms with Gasteiger partial charge in [0.05, 0.1) is 5.60 Å². The normalized spacial score (nSPS) is 37.0. The largest absolute Gasteiger partial charge is 0.389 e. The van der Waals surface area contributed by atoms with E-state index in [1.54, 1.807) is 0 Å². The quantitative estimate of drug-likeness (QED) is 0.758. The molecule has 88 valence electrons. The van der Waals surface area contributed by atoms with Crippen LogP contribution in [0.3, 0.4) is 0 Å². The van der Waals surface area contributed by atoms with E-state index in [4.69, 9.17) is 0 Å². The molecule has 1 heterocycles. The minimum atomic E-state index is -0.356. The Bertz CT molecular complexity index is 211. The summed E-state index contributed by atoms with van der Waals surface area (Å²) in [7, 11) is 0. The highest BCUT2D eigenvalue weighted by Gasteiger charge is 2.36. The fourth-order valence-electron chi connectivity index (χ4n) is 3.21. The molecule has 2 heteroatoms. The Morgan fingerprint density at radius 2 is 1.87 bits per heavy atom. The third-order valence-corrected chi connectivity index (χ3v) is 4.54. The van der Waals surface area contributed by atoms with Crippen molar-refractivity contribution in [1.82, 2.24) is 4.90 Å². The van der Waals surface area contributed by atoms with E-state index >= 15 is 0 Å². The molecule has 1 aliphatic carbocycles. The van der Waals surface area contributed by atoms with Gasteiger partial charge in [-0.05, 0) is 45.1 Å². The molecule has 0 bridgehead atoms. The summed E-state index contributed by atoms with van der Waals surface area (Å²) < 4.78 is 0. The summed E-state index contributed by atoms with van der Waals surface area (Å²) in [6, 6.07) is 0.656. The van der Waals surface area contributed by atoms with Gasteiger partial charge in [0, 0.05) is 12.6 Å². The van der Waals surface area contributed by atoms with Crippen molar-refractivity contribution >= 4 is 0 Å². The first-order chi connectivity index (χ1) is 7.11. The summed E-state index contributed by atoms with van der Waals surface area (Å²) in [4.78, 5) is 2.51. The minimum absolute atomic E-state index is 0.356. The zero-order valence-corrected chi connectivity index (χ0v) is 10.2. The van der Waals surface area contributed by atoms with Crippen LogP contribution in [0.4, 0.5) is 0 Å². The molecule has 15 heavy (non-hydrogen) atoms. The zero-order valence-electron chi connectivity index (χ0n) is 10.2. The number of likely N-dealkylation sites (tertiary alicyclic amines) is 1. The maximum absolute atomic E-state index is 10.4. The van der Waals surface area contributed by atoms with Gasteiger partial charge in [0.25, 0.3) is 0 Å². The number of hydrogen-bond acceptors (Lipinski definition) is 2. The average Bonchev–Trinajstić information content (AvgIpc) is 2.60. The van der Waals surface area contributed by atoms with Gasteiger partial charge in [-0.3, -0.25) is 4.90 Å². The predicted molar refractivity (Wildman–Crippen MR) is 62.9 cm³/mol. The van der Waals surface area contributed by atoms with E-state index in [0.29, 0.717) is 6.04 Å². The molecular formula is C13H25NO. The van der Waals surface area contributed by atoms with Crippen LogP contribution in [0.25, 0.3) is 0 Å². The number of β-amino-alcohol motifs (C(OH)–C–C–N with tert-alkyl or cyclic N) is 1. The molecule has 2 rings (SSSR count). The second-order valence-corrected chi connectivity index (χ2v) is 5.76. The topological polar surface area (TPSA) is 23.5 Å². The van der Waals surface area contributed by atoms with Crippen LogP contribution in [0.1, 0.15) is 52.4 Å². The van der Waals surface area contributed by atoms with Crippen LogP contribution in [0.2, 0.25) is 0 Å². The summed E-state index contributed by atoms with van der Waals surface area (Å²) >= 11 is 0. The molecule has 1 aliphatic heterocycles. The summed E-state index contributed by atoms with van der Waals surface area (Å²) in [6.45, 7) is 6.77. The fraction of sp³-hybridized carbons (Fsp3) is 1.00. The van der Waals surface area contributed by atoms with Crippen LogP contribution in [-0.2, 0) is 0 Å². The van der Waals surface area contributed by atoms with E-state index in [2.05, 4.69) is 18.7 Å². The van der Waals surface area contributed by atoms with Crippen molar-refractivity contribution in [3.63, 3.8) is 0 Å². The lowest BCUT2D eigenvalue weighted by molar-refractivity contribution is -0.0188. The van der Waals surface area contributed by atoms with E-state index in [-0.39, 0.29) is 5.60 Å². The van der Waals surface area contributed by atoms with Crippen molar-refractivity contribution < 1.29 is 5.11 Å². The first kappa shape index (κ1) is 11.4. The molecule has 0 aromatic heterocycles. The van der Waals surface area contributed by atoms with Gasteiger partial charge in [-0.15, -0.1) is 0 Å². The highest BCUT2D eigenvalue weighted by Crippen LogP contribution is 2.32. The van der Waals surface area contributed by atoms with Gasteiger partial charge in [-0.2, -0.15) is 0 Å². The van der Waals surface area contributed by atoms with Crippen LogP contribution in [0, 0.1) is 5.92 Å². The number of nitrogens with zero attached hydrogens (tertiary/aromatic N) is 1. The summed E-state index contributed by atoms with van der Waals surface area (Å²) in [5, 5.41) is 10.4. The van der Waals surface area contributed by atoms with Gasteiger partial charge in [0.2, 0.25) is 0 Å². The third kappa shape index (κ3) is 2.54. The lowest BCUT2D eigenvalue weighted by atomic mass is 9.90. The van der Waals surface area contributed by atoms with E-state index in [1.807, 2.05) is 0 Å². The van der Waals surface area contributed by atoms with Crippen LogP contribution in [0.5, 0.6) is 0 Å². The Hall–Kier alpha value is -0.0800. The molecule has 2 unspecified atom stereocenters. The molecular weight excluding hydrogens is 186 g/mol. The predicted octanol–water partition coefficient (Wildman–Crippen LogP) is 2.41. The Morgan fingerprint density at radius 3 is 2.53 bits per heavy atom. The second-order valence-electron chi connectivity index (χ2n) is 5.76. The molecule has 1 N–H and O–H groups in total. The van der Waals surface area contributed by atoms with Crippen molar-refractivity contribution in [3.05, 3.63) is 0 Å². The number of piperidine rings is 1. The van der Waals surface area contributed by atoms with Gasteiger partial charge >= 0.3 is 0 Å². The van der Waals surface area contributed by atoms with Crippen molar-refractivity contribution in [1.29, 1.82) is 0 Å². The van der Waals surface area contributed by atoms with Gasteiger partial charge in [-0.25, -0.2) is 0 Å². The standard InChI is InChI=1S/C13H25NO/c1-11-6-5-9-14(12(11)2)10-13(15)7-3-4-8-13/h11-12,15H,3-10H2,1-2H3. The summed E-state index contributed by atoms with van der Waals surface area (Å²) in [6.07, 6.45) is 7.13. The van der Waals surface area contributed by atoms with Crippen LogP contribution in [-0.4, -0.2) is 34.7 Å². The Kier molecular flexibility index (Phi) is 3.36. The SMILES string of the molecule is CC1CCCN(CC2(O)CCCC2)C1C. The third-order valence-electron chi connectivity index (χ3n) is 4.54. The van der Waals surface area contributed by atoms with Crippen molar-refractivity contribution in [2.24, 2.45) is 5.92 Å². The van der Waals surface area contributed by atoms with Crippen molar-refractivity contribution in [2.45, 2.75) is 64.0 Å². The molecule has 0 radical (unpaired) electrons. The van der Waals surface area contributed by atoms with Crippen LogP contribution < -0.4 is 0 Å². The lowest BCUT2D eigenvalue weighted by Crippen LogP contribution is -2.49. The van der Waals surface area contributed by atoms with Gasteiger partial charge in [-0.1, -0.05) is 19.8 Å². The molecule has 0 spiro atoms. The van der Waals surface area contributed by atoms with Crippen LogP contribution >= 0.6 is 0 Å². The lowest BCUT2D eigenvalue weighted by Gasteiger charge is -2.41. The molecule has 2 nitrogen and oxygen atoms in total. The molecule has 2 atom stereocenters.